The maximum Gasteiger partial charge on any atom is 0.111 e. The Morgan fingerprint density at radius 2 is 2.00 bits per heavy atom. The van der Waals surface area contributed by atoms with Crippen LogP contribution >= 0.6 is 0 Å². The van der Waals surface area contributed by atoms with E-state index in [0.29, 0.717) is 12.0 Å². The van der Waals surface area contributed by atoms with E-state index in [-0.39, 0.29) is 0 Å². The number of rotatable bonds is 4. The van der Waals surface area contributed by atoms with Crippen molar-refractivity contribution >= 4 is 0 Å². The predicted octanol–water partition coefficient (Wildman–Crippen LogP) is 2.83. The third kappa shape index (κ3) is 3.00. The molecule has 1 aliphatic carbocycles. The molecule has 2 rings (SSSR count). The molecule has 0 spiro atoms. The molecule has 0 saturated heterocycles. The molecule has 1 saturated carbocycles. The number of ether oxygens (including phenoxy) is 1. The first-order valence-electron chi connectivity index (χ1n) is 7.19. The number of hydrogen-bond acceptors (Lipinski definition) is 3. The highest BCUT2D eigenvalue weighted by Crippen LogP contribution is 2.47. The molecule has 1 heterocycles. The monoisotopic (exact) mass is 266 g/mol. The Hall–Kier alpha value is -0.870. The fourth-order valence-electron chi connectivity index (χ4n) is 3.02. The topological polar surface area (TPSA) is 47.3 Å². The lowest BCUT2D eigenvalue weighted by atomic mass is 9.68. The second-order valence-electron chi connectivity index (χ2n) is 6.51. The minimum Gasteiger partial charge on any atom is -0.385 e. The molecule has 0 radical (unpaired) electrons. The molecular formula is C15H26N2O2. The van der Waals surface area contributed by atoms with Gasteiger partial charge in [0.1, 0.15) is 6.10 Å². The third-order valence-electron chi connectivity index (χ3n) is 4.42. The standard InChI is InChI=1S/C15H26N2O2/c1-5-19-15(8-6-14(2,3)7-9-15)13(18)12-10-16-17(4)11-12/h10-11,13,18H,5-9H2,1-4H3. The molecule has 0 bridgehead atoms. The Balaban J connectivity index is 2.20. The zero-order valence-corrected chi connectivity index (χ0v) is 12.5. The zero-order chi connectivity index (χ0) is 14.1. The van der Waals surface area contributed by atoms with E-state index in [1.165, 1.54) is 0 Å². The van der Waals surface area contributed by atoms with Gasteiger partial charge in [-0.3, -0.25) is 4.68 Å². The van der Waals surface area contributed by atoms with Gasteiger partial charge in [0, 0.05) is 25.4 Å². The van der Waals surface area contributed by atoms with Gasteiger partial charge in [0.2, 0.25) is 0 Å². The first-order valence-corrected chi connectivity index (χ1v) is 7.19. The van der Waals surface area contributed by atoms with E-state index in [1.807, 2.05) is 20.2 Å². The maximum absolute atomic E-state index is 10.7. The largest absolute Gasteiger partial charge is 0.385 e. The van der Waals surface area contributed by atoms with Gasteiger partial charge in [-0.15, -0.1) is 0 Å². The Morgan fingerprint density at radius 3 is 2.47 bits per heavy atom. The molecule has 1 unspecified atom stereocenters. The van der Waals surface area contributed by atoms with Crippen molar-refractivity contribution in [1.29, 1.82) is 0 Å². The molecule has 4 heteroatoms. The number of aryl methyl sites for hydroxylation is 1. The van der Waals surface area contributed by atoms with Crippen LogP contribution in [-0.4, -0.2) is 27.1 Å². The zero-order valence-electron chi connectivity index (χ0n) is 12.5. The van der Waals surface area contributed by atoms with Crippen molar-refractivity contribution in [2.75, 3.05) is 6.61 Å². The summed E-state index contributed by atoms with van der Waals surface area (Å²) in [6.07, 6.45) is 7.02. The molecule has 1 atom stereocenters. The quantitative estimate of drug-likeness (QED) is 0.911. The summed E-state index contributed by atoms with van der Waals surface area (Å²) >= 11 is 0. The average Bonchev–Trinajstić information content (AvgIpc) is 2.78. The normalized spacial score (nSPS) is 23.2. The number of aromatic nitrogens is 2. The second kappa shape index (κ2) is 5.25. The smallest absolute Gasteiger partial charge is 0.111 e. The number of hydrogen-bond donors (Lipinski definition) is 1. The molecule has 0 aromatic carbocycles. The van der Waals surface area contributed by atoms with Crippen LogP contribution in [0.1, 0.15) is 58.1 Å². The Kier molecular flexibility index (Phi) is 4.02. The first-order chi connectivity index (χ1) is 8.88. The minimum atomic E-state index is -0.586. The van der Waals surface area contributed by atoms with Crippen LogP contribution in [0.4, 0.5) is 0 Å². The molecule has 1 aromatic heterocycles. The number of aliphatic hydroxyl groups is 1. The number of aliphatic hydroxyl groups excluding tert-OH is 1. The second-order valence-corrected chi connectivity index (χ2v) is 6.51. The first kappa shape index (κ1) is 14.5. The molecule has 19 heavy (non-hydrogen) atoms. The molecule has 0 amide bonds. The van der Waals surface area contributed by atoms with Crippen molar-refractivity contribution in [2.24, 2.45) is 12.5 Å². The van der Waals surface area contributed by atoms with Crippen LogP contribution in [0.2, 0.25) is 0 Å². The van der Waals surface area contributed by atoms with Crippen molar-refractivity contribution in [3.63, 3.8) is 0 Å². The van der Waals surface area contributed by atoms with E-state index in [4.69, 9.17) is 4.74 Å². The van der Waals surface area contributed by atoms with E-state index in [0.717, 1.165) is 31.2 Å². The summed E-state index contributed by atoms with van der Waals surface area (Å²) in [4.78, 5) is 0. The summed E-state index contributed by atoms with van der Waals surface area (Å²) in [5.74, 6) is 0. The fourth-order valence-corrected chi connectivity index (χ4v) is 3.02. The molecule has 1 N–H and O–H groups in total. The van der Waals surface area contributed by atoms with Gasteiger partial charge in [0.05, 0.1) is 11.8 Å². The van der Waals surface area contributed by atoms with Gasteiger partial charge in [-0.05, 0) is 38.0 Å². The lowest BCUT2D eigenvalue weighted by molar-refractivity contribution is -0.153. The van der Waals surface area contributed by atoms with Gasteiger partial charge >= 0.3 is 0 Å². The van der Waals surface area contributed by atoms with E-state index in [1.54, 1.807) is 10.9 Å². The molecule has 1 aliphatic rings. The van der Waals surface area contributed by atoms with Crippen molar-refractivity contribution in [3.8, 4) is 0 Å². The van der Waals surface area contributed by atoms with Crippen molar-refractivity contribution in [2.45, 2.75) is 58.2 Å². The lowest BCUT2D eigenvalue weighted by Gasteiger charge is -2.45. The lowest BCUT2D eigenvalue weighted by Crippen LogP contribution is -2.44. The van der Waals surface area contributed by atoms with Crippen LogP contribution in [0.25, 0.3) is 0 Å². The summed E-state index contributed by atoms with van der Waals surface area (Å²) in [6, 6.07) is 0. The van der Waals surface area contributed by atoms with Gasteiger partial charge in [-0.25, -0.2) is 0 Å². The summed E-state index contributed by atoms with van der Waals surface area (Å²) < 4.78 is 7.73. The van der Waals surface area contributed by atoms with Crippen LogP contribution in [0, 0.1) is 5.41 Å². The Morgan fingerprint density at radius 1 is 1.37 bits per heavy atom. The van der Waals surface area contributed by atoms with E-state index in [9.17, 15) is 5.11 Å². The van der Waals surface area contributed by atoms with Crippen LogP contribution < -0.4 is 0 Å². The third-order valence-corrected chi connectivity index (χ3v) is 4.42. The van der Waals surface area contributed by atoms with Gasteiger partial charge < -0.3 is 9.84 Å². The highest BCUT2D eigenvalue weighted by Gasteiger charge is 2.45. The maximum atomic E-state index is 10.7. The van der Waals surface area contributed by atoms with Gasteiger partial charge in [0.15, 0.2) is 0 Å². The Labute approximate surface area is 115 Å². The van der Waals surface area contributed by atoms with Crippen molar-refractivity contribution in [3.05, 3.63) is 18.0 Å². The van der Waals surface area contributed by atoms with E-state index < -0.39 is 11.7 Å². The molecule has 0 aliphatic heterocycles. The average molecular weight is 266 g/mol. The van der Waals surface area contributed by atoms with Gasteiger partial charge in [-0.2, -0.15) is 5.10 Å². The van der Waals surface area contributed by atoms with E-state index in [2.05, 4.69) is 18.9 Å². The molecule has 1 aromatic rings. The predicted molar refractivity (Wildman–Crippen MR) is 74.8 cm³/mol. The summed E-state index contributed by atoms with van der Waals surface area (Å²) in [7, 11) is 1.87. The Bertz CT molecular complexity index is 416. The fraction of sp³-hybridized carbons (Fsp3) is 0.800. The molecular weight excluding hydrogens is 240 g/mol. The highest BCUT2D eigenvalue weighted by atomic mass is 16.5. The molecule has 4 nitrogen and oxygen atoms in total. The highest BCUT2D eigenvalue weighted by molar-refractivity contribution is 5.14. The van der Waals surface area contributed by atoms with Crippen LogP contribution in [-0.2, 0) is 11.8 Å². The number of nitrogens with zero attached hydrogens (tertiary/aromatic N) is 2. The van der Waals surface area contributed by atoms with Gasteiger partial charge in [0.25, 0.3) is 0 Å². The van der Waals surface area contributed by atoms with Crippen LogP contribution in [0.15, 0.2) is 12.4 Å². The van der Waals surface area contributed by atoms with Crippen molar-refractivity contribution in [1.82, 2.24) is 9.78 Å². The van der Waals surface area contributed by atoms with Crippen LogP contribution in [0.3, 0.4) is 0 Å². The molecule has 108 valence electrons. The van der Waals surface area contributed by atoms with Gasteiger partial charge in [-0.1, -0.05) is 13.8 Å². The summed E-state index contributed by atoms with van der Waals surface area (Å²) in [6.45, 7) is 7.22. The minimum absolute atomic E-state index is 0.356. The SMILES string of the molecule is CCOC1(C(O)c2cnn(C)c2)CCC(C)(C)CC1. The summed E-state index contributed by atoms with van der Waals surface area (Å²) in [5, 5.41) is 14.9. The van der Waals surface area contributed by atoms with Crippen molar-refractivity contribution < 1.29 is 9.84 Å². The molecule has 1 fully saturated rings. The van der Waals surface area contributed by atoms with Crippen LogP contribution in [0.5, 0.6) is 0 Å². The van der Waals surface area contributed by atoms with E-state index >= 15 is 0 Å². The summed E-state index contributed by atoms with van der Waals surface area (Å²) in [5.41, 5.74) is 0.776.